The zero-order chi connectivity index (χ0) is 34.6. The largest absolute Gasteiger partial charge is 0.494 e. The van der Waals surface area contributed by atoms with Gasteiger partial charge in [0.1, 0.15) is 35.2 Å². The molecule has 0 bridgehead atoms. The lowest BCUT2D eigenvalue weighted by Gasteiger charge is -2.42. The van der Waals surface area contributed by atoms with Crippen molar-refractivity contribution in [2.45, 2.75) is 50.7 Å². The molecule has 0 unspecified atom stereocenters. The number of carbonyl (C=O) groups excluding carboxylic acids is 1. The van der Waals surface area contributed by atoms with E-state index in [1.807, 2.05) is 47.5 Å². The Labute approximate surface area is 291 Å². The molecule has 2 saturated heterocycles. The van der Waals surface area contributed by atoms with E-state index in [-0.39, 0.29) is 17.8 Å². The minimum atomic E-state index is -0.348. The van der Waals surface area contributed by atoms with Gasteiger partial charge < -0.3 is 25.0 Å². The highest BCUT2D eigenvalue weighted by atomic mass is 19.1. The van der Waals surface area contributed by atoms with Crippen LogP contribution in [-0.4, -0.2) is 72.3 Å². The summed E-state index contributed by atoms with van der Waals surface area (Å²) in [6.07, 6.45) is 6.80. The van der Waals surface area contributed by atoms with E-state index in [2.05, 4.69) is 43.9 Å². The van der Waals surface area contributed by atoms with E-state index in [4.69, 9.17) is 14.3 Å². The maximum absolute atomic E-state index is 13.7. The van der Waals surface area contributed by atoms with Gasteiger partial charge in [0, 0.05) is 49.9 Å². The number of nitrogens with zero attached hydrogens (tertiary/aromatic N) is 5. The third kappa shape index (κ3) is 7.66. The van der Waals surface area contributed by atoms with Crippen LogP contribution in [0.3, 0.4) is 0 Å². The Balaban J connectivity index is 1.09. The topological polar surface area (TPSA) is 104 Å². The number of piperazine rings is 1. The molecule has 7 rings (SSSR count). The van der Waals surface area contributed by atoms with Gasteiger partial charge in [0.25, 0.3) is 0 Å². The Morgan fingerprint density at radius 1 is 1.04 bits per heavy atom. The number of carbonyl (C=O) groups is 1. The zero-order valence-corrected chi connectivity index (χ0v) is 28.3. The lowest BCUT2D eigenvalue weighted by Crippen LogP contribution is -2.52. The smallest absolute Gasteiger partial charge is 0.247 e. The molecular formula is C38H42FN7O4. The molecule has 1 saturated carbocycles. The fourth-order valence-corrected chi connectivity index (χ4v) is 6.82. The Hall–Kier alpha value is -5.20. The van der Waals surface area contributed by atoms with Crippen molar-refractivity contribution in [3.63, 3.8) is 0 Å². The summed E-state index contributed by atoms with van der Waals surface area (Å²) < 4.78 is 25.4. The van der Waals surface area contributed by atoms with Gasteiger partial charge in [0.15, 0.2) is 5.82 Å². The first-order valence-electron chi connectivity index (χ1n) is 17.1. The maximum atomic E-state index is 13.7. The van der Waals surface area contributed by atoms with E-state index < -0.39 is 0 Å². The molecule has 11 nitrogen and oxygen atoms in total. The number of anilines is 5. The van der Waals surface area contributed by atoms with Gasteiger partial charge in [0.05, 0.1) is 36.8 Å². The summed E-state index contributed by atoms with van der Waals surface area (Å²) >= 11 is 0. The van der Waals surface area contributed by atoms with Crippen LogP contribution in [0.25, 0.3) is 0 Å². The van der Waals surface area contributed by atoms with E-state index in [0.29, 0.717) is 65.4 Å². The van der Waals surface area contributed by atoms with Crippen LogP contribution in [0.2, 0.25) is 0 Å². The van der Waals surface area contributed by atoms with Gasteiger partial charge in [-0.25, -0.2) is 19.4 Å². The summed E-state index contributed by atoms with van der Waals surface area (Å²) in [6.45, 7) is 9.13. The Morgan fingerprint density at radius 3 is 2.62 bits per heavy atom. The molecule has 0 radical (unpaired) electrons. The number of nitrogens with one attached hydrogen (secondary N) is 2. The molecule has 50 heavy (non-hydrogen) atoms. The fourth-order valence-electron chi connectivity index (χ4n) is 6.82. The number of benzene rings is 3. The van der Waals surface area contributed by atoms with Crippen molar-refractivity contribution < 1.29 is 23.5 Å². The van der Waals surface area contributed by atoms with Crippen LogP contribution in [0, 0.1) is 5.82 Å². The number of ether oxygens (including phenoxy) is 2. The highest BCUT2D eigenvalue weighted by Gasteiger charge is 2.36. The lowest BCUT2D eigenvalue weighted by molar-refractivity contribution is -0.111. The summed E-state index contributed by atoms with van der Waals surface area (Å²) in [6, 6.07) is 20.7. The average molecular weight is 680 g/mol. The molecule has 3 aromatic carbocycles. The molecule has 2 atom stereocenters. The number of rotatable bonds is 12. The summed E-state index contributed by atoms with van der Waals surface area (Å²) in [5, 5.41) is 8.21. The van der Waals surface area contributed by atoms with Crippen LogP contribution in [0.4, 0.5) is 33.1 Å². The number of hydrogen-bond donors (Lipinski definition) is 2. The second-order valence-electron chi connectivity index (χ2n) is 12.9. The van der Waals surface area contributed by atoms with Crippen molar-refractivity contribution in [1.82, 2.24) is 14.9 Å². The Kier molecular flexibility index (Phi) is 9.81. The highest BCUT2D eigenvalue weighted by Crippen LogP contribution is 2.40. The van der Waals surface area contributed by atoms with Gasteiger partial charge in [-0.15, -0.1) is 0 Å². The maximum Gasteiger partial charge on any atom is 0.247 e. The number of hydrogen-bond acceptors (Lipinski definition) is 10. The number of amides is 1. The monoisotopic (exact) mass is 679 g/mol. The van der Waals surface area contributed by atoms with Crippen LogP contribution >= 0.6 is 0 Å². The standard InChI is InChI=1S/C38H42FN7O4/c1-4-38(47)43-32-20-33(35(48-3)21-34(32)44-14-15-45(25(2)23-44)28-11-12-28)42-36-22-37(41-24-40-36)46-29(13-16-49-46)17-26-7-5-9-30(18-26)50-31-10-6-8-27(39)19-31/h4-10,18-22,24-25,28-29H,1,11-17,23H2,2-3H3,(H,43,47)(H,40,41,42)/t25-,29+/m0/s1. The molecule has 2 N–H and O–H groups in total. The van der Waals surface area contributed by atoms with E-state index in [1.54, 1.807) is 19.2 Å². The second-order valence-corrected chi connectivity index (χ2v) is 12.9. The quantitative estimate of drug-likeness (QED) is 0.157. The molecule has 3 heterocycles. The van der Waals surface area contributed by atoms with Crippen molar-refractivity contribution in [3.05, 3.63) is 97.1 Å². The minimum absolute atomic E-state index is 0.0134. The van der Waals surface area contributed by atoms with Crippen molar-refractivity contribution in [1.29, 1.82) is 0 Å². The first-order chi connectivity index (χ1) is 24.4. The van der Waals surface area contributed by atoms with E-state index in [1.165, 1.54) is 37.4 Å². The van der Waals surface area contributed by atoms with Crippen LogP contribution in [0.15, 0.2) is 85.7 Å². The van der Waals surface area contributed by atoms with Gasteiger partial charge in [-0.3, -0.25) is 14.5 Å². The Morgan fingerprint density at radius 2 is 1.86 bits per heavy atom. The molecule has 260 valence electrons. The van der Waals surface area contributed by atoms with Gasteiger partial charge >= 0.3 is 0 Å². The van der Waals surface area contributed by atoms with E-state index in [0.717, 1.165) is 37.3 Å². The lowest BCUT2D eigenvalue weighted by atomic mass is 10.0. The predicted molar refractivity (Wildman–Crippen MR) is 192 cm³/mol. The molecule has 1 aromatic heterocycles. The van der Waals surface area contributed by atoms with Crippen molar-refractivity contribution in [2.75, 3.05) is 53.9 Å². The minimum Gasteiger partial charge on any atom is -0.494 e. The summed E-state index contributed by atoms with van der Waals surface area (Å²) in [4.78, 5) is 32.5. The fraction of sp³-hybridized carbons (Fsp3) is 0.342. The molecule has 0 spiro atoms. The SMILES string of the molecule is C=CC(=O)Nc1cc(Nc2cc(N3OCC[C@@H]3Cc3cccc(Oc4cccc(F)c4)c3)ncn2)c(OC)cc1N1CCN(C2CC2)[C@@H](C)C1. The van der Waals surface area contributed by atoms with E-state index in [9.17, 15) is 9.18 Å². The molecule has 2 aliphatic heterocycles. The molecule has 3 aliphatic rings. The van der Waals surface area contributed by atoms with Crippen molar-refractivity contribution in [3.8, 4) is 17.2 Å². The number of methoxy groups -OCH3 is 1. The van der Waals surface area contributed by atoms with Gasteiger partial charge in [-0.2, -0.15) is 0 Å². The number of aromatic nitrogens is 2. The zero-order valence-electron chi connectivity index (χ0n) is 28.3. The third-order valence-corrected chi connectivity index (χ3v) is 9.35. The van der Waals surface area contributed by atoms with Crippen LogP contribution in [-0.2, 0) is 16.1 Å². The molecule has 4 aromatic rings. The molecule has 1 amide bonds. The van der Waals surface area contributed by atoms with Gasteiger partial charge in [0.2, 0.25) is 5.91 Å². The van der Waals surface area contributed by atoms with Gasteiger partial charge in [-0.05, 0) is 74.6 Å². The van der Waals surface area contributed by atoms with Crippen LogP contribution in [0.5, 0.6) is 17.2 Å². The third-order valence-electron chi connectivity index (χ3n) is 9.35. The molecule has 3 fully saturated rings. The summed E-state index contributed by atoms with van der Waals surface area (Å²) in [5.41, 5.74) is 3.24. The van der Waals surface area contributed by atoms with Crippen molar-refractivity contribution >= 4 is 34.6 Å². The first kappa shape index (κ1) is 33.3. The van der Waals surface area contributed by atoms with Gasteiger partial charge in [-0.1, -0.05) is 24.8 Å². The normalized spacial score (nSPS) is 19.3. The molecular weight excluding hydrogens is 637 g/mol. The molecule has 12 heteroatoms. The number of hydroxylamine groups is 1. The Bertz CT molecular complexity index is 1850. The van der Waals surface area contributed by atoms with Crippen LogP contribution in [0.1, 0.15) is 31.7 Å². The second kappa shape index (κ2) is 14.7. The summed E-state index contributed by atoms with van der Waals surface area (Å²) in [7, 11) is 1.63. The average Bonchev–Trinajstić information content (AvgIpc) is 3.85. The van der Waals surface area contributed by atoms with E-state index >= 15 is 0 Å². The van der Waals surface area contributed by atoms with Crippen LogP contribution < -0.4 is 30.1 Å². The predicted octanol–water partition coefficient (Wildman–Crippen LogP) is 6.71. The molecule has 1 aliphatic carbocycles. The summed E-state index contributed by atoms with van der Waals surface area (Å²) in [5.74, 6) is 2.19. The first-order valence-corrected chi connectivity index (χ1v) is 17.1. The number of halogens is 1. The highest BCUT2D eigenvalue weighted by molar-refractivity contribution is 6.02. The van der Waals surface area contributed by atoms with Crippen molar-refractivity contribution in [2.24, 2.45) is 0 Å².